The van der Waals surface area contributed by atoms with Crippen LogP contribution >= 0.6 is 0 Å². The predicted molar refractivity (Wildman–Crippen MR) is 90.4 cm³/mol. The average Bonchev–Trinajstić information content (AvgIpc) is 2.55. The summed E-state index contributed by atoms with van der Waals surface area (Å²) in [6, 6.07) is 23.4. The molecule has 0 bridgehead atoms. The lowest BCUT2D eigenvalue weighted by molar-refractivity contribution is 0.873. The van der Waals surface area contributed by atoms with Crippen LogP contribution in [0.25, 0.3) is 10.8 Å². The molecule has 1 atom stereocenters. The van der Waals surface area contributed by atoms with Crippen LogP contribution in [0.3, 0.4) is 0 Å². The van der Waals surface area contributed by atoms with Crippen LogP contribution in [0.4, 0.5) is 0 Å². The highest BCUT2D eigenvalue weighted by Gasteiger charge is 2.11. The summed E-state index contributed by atoms with van der Waals surface area (Å²) < 4.78 is 0. The zero-order chi connectivity index (χ0) is 14.7. The highest BCUT2D eigenvalue weighted by molar-refractivity contribution is 5.86. The summed E-state index contributed by atoms with van der Waals surface area (Å²) in [6.07, 6.45) is 2.30. The van der Waals surface area contributed by atoms with Crippen molar-refractivity contribution in [2.24, 2.45) is 5.73 Å². The van der Waals surface area contributed by atoms with E-state index < -0.39 is 0 Å². The van der Waals surface area contributed by atoms with E-state index in [1.165, 1.54) is 33.9 Å². The summed E-state index contributed by atoms with van der Waals surface area (Å²) in [6.45, 7) is 2.20. The van der Waals surface area contributed by atoms with Crippen LogP contribution in [0.1, 0.15) is 36.1 Å². The Labute approximate surface area is 126 Å². The van der Waals surface area contributed by atoms with Gasteiger partial charge in [-0.15, -0.1) is 0 Å². The van der Waals surface area contributed by atoms with E-state index in [0.717, 1.165) is 6.42 Å². The minimum atomic E-state index is -0.0771. The van der Waals surface area contributed by atoms with E-state index >= 15 is 0 Å². The summed E-state index contributed by atoms with van der Waals surface area (Å²) in [4.78, 5) is 0. The first-order chi connectivity index (χ1) is 10.3. The lowest BCUT2D eigenvalue weighted by atomic mass is 9.93. The Morgan fingerprint density at radius 1 is 0.857 bits per heavy atom. The standard InChI is InChI=1S/C20H21N/c1-2-6-15-11-13-17(14-12-15)20(21)19-10-5-8-16-7-3-4-9-18(16)19/h3-5,7-14,20H,2,6,21H2,1H3. The molecule has 0 fully saturated rings. The van der Waals surface area contributed by atoms with Crippen LogP contribution in [0.15, 0.2) is 66.7 Å². The third-order valence-electron chi connectivity index (χ3n) is 4.04. The molecule has 0 aliphatic rings. The molecular formula is C20H21N. The molecule has 0 aliphatic heterocycles. The molecule has 2 N–H and O–H groups in total. The van der Waals surface area contributed by atoms with E-state index in [0.29, 0.717) is 0 Å². The molecule has 0 spiro atoms. The van der Waals surface area contributed by atoms with Crippen molar-refractivity contribution in [2.45, 2.75) is 25.8 Å². The second-order valence-electron chi connectivity index (χ2n) is 5.54. The number of fused-ring (bicyclic) bond motifs is 1. The number of aryl methyl sites for hydroxylation is 1. The zero-order valence-electron chi connectivity index (χ0n) is 12.4. The Hall–Kier alpha value is -2.12. The first kappa shape index (κ1) is 13.8. The summed E-state index contributed by atoms with van der Waals surface area (Å²) in [5.74, 6) is 0. The van der Waals surface area contributed by atoms with Crippen molar-refractivity contribution in [3.8, 4) is 0 Å². The van der Waals surface area contributed by atoms with Crippen molar-refractivity contribution in [1.29, 1.82) is 0 Å². The lowest BCUT2D eigenvalue weighted by Crippen LogP contribution is -2.12. The summed E-state index contributed by atoms with van der Waals surface area (Å²) >= 11 is 0. The molecule has 21 heavy (non-hydrogen) atoms. The van der Waals surface area contributed by atoms with Crippen LogP contribution in [0, 0.1) is 0 Å². The fourth-order valence-corrected chi connectivity index (χ4v) is 2.88. The van der Waals surface area contributed by atoms with Gasteiger partial charge in [-0.05, 0) is 33.9 Å². The van der Waals surface area contributed by atoms with Crippen molar-refractivity contribution >= 4 is 10.8 Å². The van der Waals surface area contributed by atoms with Crippen LogP contribution in [-0.2, 0) is 6.42 Å². The van der Waals surface area contributed by atoms with Gasteiger partial charge < -0.3 is 5.73 Å². The van der Waals surface area contributed by atoms with Gasteiger partial charge in [0.15, 0.2) is 0 Å². The maximum absolute atomic E-state index is 6.51. The fourth-order valence-electron chi connectivity index (χ4n) is 2.88. The van der Waals surface area contributed by atoms with Gasteiger partial charge in [0, 0.05) is 0 Å². The highest BCUT2D eigenvalue weighted by atomic mass is 14.6. The number of hydrogen-bond acceptors (Lipinski definition) is 1. The molecule has 3 aromatic rings. The quantitative estimate of drug-likeness (QED) is 0.724. The maximum Gasteiger partial charge on any atom is 0.0557 e. The first-order valence-corrected chi connectivity index (χ1v) is 7.61. The van der Waals surface area contributed by atoms with Crippen molar-refractivity contribution in [2.75, 3.05) is 0 Å². The third kappa shape index (κ3) is 2.84. The molecule has 3 aromatic carbocycles. The second-order valence-corrected chi connectivity index (χ2v) is 5.54. The minimum absolute atomic E-state index is 0.0771. The minimum Gasteiger partial charge on any atom is -0.320 e. The van der Waals surface area contributed by atoms with Gasteiger partial charge in [-0.25, -0.2) is 0 Å². The van der Waals surface area contributed by atoms with E-state index in [9.17, 15) is 0 Å². The largest absolute Gasteiger partial charge is 0.320 e. The molecule has 0 saturated carbocycles. The Balaban J connectivity index is 1.98. The highest BCUT2D eigenvalue weighted by Crippen LogP contribution is 2.27. The first-order valence-electron chi connectivity index (χ1n) is 7.61. The normalized spacial score (nSPS) is 12.5. The summed E-state index contributed by atoms with van der Waals surface area (Å²) in [5.41, 5.74) is 10.3. The Bertz CT molecular complexity index is 723. The van der Waals surface area contributed by atoms with E-state index in [1.807, 2.05) is 0 Å². The molecule has 0 aromatic heterocycles. The third-order valence-corrected chi connectivity index (χ3v) is 4.04. The van der Waals surface area contributed by atoms with Gasteiger partial charge in [-0.3, -0.25) is 0 Å². The van der Waals surface area contributed by atoms with E-state index in [1.54, 1.807) is 0 Å². The maximum atomic E-state index is 6.51. The molecule has 0 heterocycles. The number of rotatable bonds is 4. The Morgan fingerprint density at radius 3 is 2.33 bits per heavy atom. The van der Waals surface area contributed by atoms with Gasteiger partial charge in [0.2, 0.25) is 0 Å². The molecule has 0 radical (unpaired) electrons. The van der Waals surface area contributed by atoms with Crippen molar-refractivity contribution in [3.63, 3.8) is 0 Å². The summed E-state index contributed by atoms with van der Waals surface area (Å²) in [5, 5.41) is 2.48. The molecule has 1 unspecified atom stereocenters. The van der Waals surface area contributed by atoms with E-state index in [2.05, 4.69) is 73.7 Å². The Morgan fingerprint density at radius 2 is 1.57 bits per heavy atom. The van der Waals surface area contributed by atoms with Gasteiger partial charge in [-0.2, -0.15) is 0 Å². The second kappa shape index (κ2) is 6.11. The fraction of sp³-hybridized carbons (Fsp3) is 0.200. The van der Waals surface area contributed by atoms with Gasteiger partial charge in [0.25, 0.3) is 0 Å². The van der Waals surface area contributed by atoms with Crippen LogP contribution in [0.5, 0.6) is 0 Å². The molecule has 1 heteroatoms. The van der Waals surface area contributed by atoms with Gasteiger partial charge in [-0.1, -0.05) is 80.1 Å². The lowest BCUT2D eigenvalue weighted by Gasteiger charge is -2.15. The SMILES string of the molecule is CCCc1ccc(C(N)c2cccc3ccccc23)cc1. The van der Waals surface area contributed by atoms with Gasteiger partial charge >= 0.3 is 0 Å². The van der Waals surface area contributed by atoms with Crippen LogP contribution in [-0.4, -0.2) is 0 Å². The van der Waals surface area contributed by atoms with Gasteiger partial charge in [0.05, 0.1) is 6.04 Å². The molecular weight excluding hydrogens is 254 g/mol. The van der Waals surface area contributed by atoms with Crippen molar-refractivity contribution < 1.29 is 0 Å². The van der Waals surface area contributed by atoms with E-state index in [4.69, 9.17) is 5.73 Å². The molecule has 0 aliphatic carbocycles. The molecule has 3 rings (SSSR count). The monoisotopic (exact) mass is 275 g/mol. The topological polar surface area (TPSA) is 26.0 Å². The van der Waals surface area contributed by atoms with Crippen molar-refractivity contribution in [3.05, 3.63) is 83.4 Å². The smallest absolute Gasteiger partial charge is 0.0557 e. The average molecular weight is 275 g/mol. The predicted octanol–water partition coefficient (Wildman–Crippen LogP) is 4.84. The number of hydrogen-bond donors (Lipinski definition) is 1. The Kier molecular flexibility index (Phi) is 4.03. The van der Waals surface area contributed by atoms with Gasteiger partial charge in [0.1, 0.15) is 0 Å². The van der Waals surface area contributed by atoms with E-state index in [-0.39, 0.29) is 6.04 Å². The zero-order valence-corrected chi connectivity index (χ0v) is 12.4. The van der Waals surface area contributed by atoms with Crippen LogP contribution in [0.2, 0.25) is 0 Å². The molecule has 0 amide bonds. The molecule has 0 saturated heterocycles. The number of nitrogens with two attached hydrogens (primary N) is 1. The molecule has 1 nitrogen and oxygen atoms in total. The van der Waals surface area contributed by atoms with Crippen LogP contribution < -0.4 is 5.73 Å². The number of benzene rings is 3. The molecule has 106 valence electrons. The summed E-state index contributed by atoms with van der Waals surface area (Å²) in [7, 11) is 0. The van der Waals surface area contributed by atoms with Crippen molar-refractivity contribution in [1.82, 2.24) is 0 Å².